The highest BCUT2D eigenvalue weighted by Crippen LogP contribution is 2.32. The van der Waals surface area contributed by atoms with Gasteiger partial charge < -0.3 is 14.2 Å². The van der Waals surface area contributed by atoms with E-state index in [0.717, 1.165) is 18.6 Å². The Morgan fingerprint density at radius 2 is 1.45 bits per heavy atom. The van der Waals surface area contributed by atoms with Crippen LogP contribution in [-0.4, -0.2) is 33.1 Å². The number of hydrogen-bond donors (Lipinski definition) is 1. The molecule has 0 fully saturated rings. The molecule has 0 saturated heterocycles. The Hall–Kier alpha value is 0.580. The maximum atomic E-state index is 5.51. The molecule has 5 heteroatoms. The summed E-state index contributed by atoms with van der Waals surface area (Å²) in [7, 11) is 6.50. The van der Waals surface area contributed by atoms with Crippen molar-refractivity contribution < 1.29 is 14.2 Å². The molecule has 0 aliphatic carbocycles. The molecule has 0 heterocycles. The van der Waals surface area contributed by atoms with Gasteiger partial charge in [-0.25, -0.2) is 0 Å². The maximum absolute atomic E-state index is 5.51. The van der Waals surface area contributed by atoms with Gasteiger partial charge in [-0.2, -0.15) is 0 Å². The quantitative estimate of drug-likeness (QED) is 0.212. The van der Waals surface area contributed by atoms with E-state index >= 15 is 0 Å². The number of rotatable bonds is 14. The zero-order valence-corrected chi connectivity index (χ0v) is 15.2. The molecule has 0 bridgehead atoms. The average Bonchev–Trinajstić information content (AvgIpc) is 2.49. The fraction of sp³-hybridized carbons (Fsp3) is 1.00. The van der Waals surface area contributed by atoms with Crippen LogP contribution in [0.4, 0.5) is 0 Å². The fourth-order valence-electron chi connectivity index (χ4n) is 2.61. The Morgan fingerprint density at radius 3 is 1.95 bits per heavy atom. The van der Waals surface area contributed by atoms with E-state index in [1.54, 1.807) is 32.1 Å². The van der Waals surface area contributed by atoms with E-state index in [0.29, 0.717) is 0 Å². The minimum Gasteiger partial charge on any atom is -0.331 e. The van der Waals surface area contributed by atoms with Crippen LogP contribution >= 0.6 is 22.5 Å². The van der Waals surface area contributed by atoms with Crippen molar-refractivity contribution in [3.8, 4) is 0 Å². The van der Waals surface area contributed by atoms with Crippen molar-refractivity contribution in [2.75, 3.05) is 27.1 Å². The molecule has 20 heavy (non-hydrogen) atoms. The van der Waals surface area contributed by atoms with Crippen molar-refractivity contribution in [1.29, 1.82) is 0 Å². The molecule has 0 aromatic carbocycles. The van der Waals surface area contributed by atoms with E-state index in [2.05, 4.69) is 18.6 Å². The Kier molecular flexibility index (Phi) is 13.6. The molecule has 0 aliphatic heterocycles. The minimum absolute atomic E-state index is 0.244. The molecule has 0 aromatic rings. The van der Waals surface area contributed by atoms with Crippen molar-refractivity contribution in [1.82, 2.24) is 0 Å². The molecular formula is C15H32O3S2. The third-order valence-electron chi connectivity index (χ3n) is 3.82. The summed E-state index contributed by atoms with van der Waals surface area (Å²) in [4.78, 5) is 0. The van der Waals surface area contributed by atoms with Gasteiger partial charge in [-0.1, -0.05) is 56.2 Å². The zero-order chi connectivity index (χ0) is 15.3. The molecule has 0 amide bonds. The van der Waals surface area contributed by atoms with E-state index in [4.69, 9.17) is 14.2 Å². The van der Waals surface area contributed by atoms with Gasteiger partial charge in [0.25, 0.3) is 5.97 Å². The fourth-order valence-corrected chi connectivity index (χ4v) is 3.32. The first-order valence-electron chi connectivity index (χ1n) is 7.62. The first-order valence-corrected chi connectivity index (χ1v) is 9.66. The standard InChI is InChI=1S/C15H32O3S2/c1-5-6-7-8-9-10-11-14(12-13-20-19)15(16-2,17-3)18-4/h14,19H,5-13H2,1-4H3. The molecule has 0 aromatic heterocycles. The minimum atomic E-state index is -0.910. The summed E-state index contributed by atoms with van der Waals surface area (Å²) in [6.07, 6.45) is 9.83. The van der Waals surface area contributed by atoms with Crippen molar-refractivity contribution in [2.24, 2.45) is 5.92 Å². The van der Waals surface area contributed by atoms with Gasteiger partial charge in [-0.3, -0.25) is 0 Å². The van der Waals surface area contributed by atoms with Gasteiger partial charge in [-0.05, 0) is 12.8 Å². The average molecular weight is 325 g/mol. The number of thiol groups is 1. The van der Waals surface area contributed by atoms with Crippen LogP contribution in [0.3, 0.4) is 0 Å². The van der Waals surface area contributed by atoms with Gasteiger partial charge in [-0.15, -0.1) is 11.7 Å². The maximum Gasteiger partial charge on any atom is 0.285 e. The van der Waals surface area contributed by atoms with E-state index in [-0.39, 0.29) is 5.92 Å². The summed E-state index contributed by atoms with van der Waals surface area (Å²) < 4.78 is 16.5. The van der Waals surface area contributed by atoms with Gasteiger partial charge >= 0.3 is 0 Å². The smallest absolute Gasteiger partial charge is 0.285 e. The SMILES string of the molecule is CCCCCCCCC(CCSS)C(OC)(OC)OC. The van der Waals surface area contributed by atoms with Crippen molar-refractivity contribution in [3.05, 3.63) is 0 Å². The largest absolute Gasteiger partial charge is 0.331 e. The highest BCUT2D eigenvalue weighted by atomic mass is 33.1. The predicted octanol–water partition coefficient (Wildman–Crippen LogP) is 4.91. The van der Waals surface area contributed by atoms with Crippen molar-refractivity contribution in [3.63, 3.8) is 0 Å². The summed E-state index contributed by atoms with van der Waals surface area (Å²) in [5.74, 6) is 0.308. The highest BCUT2D eigenvalue weighted by molar-refractivity contribution is 8.68. The van der Waals surface area contributed by atoms with Gasteiger partial charge in [0.05, 0.1) is 0 Å². The number of hydrogen-bond acceptors (Lipinski definition) is 5. The first kappa shape index (κ1) is 20.6. The van der Waals surface area contributed by atoms with Crippen molar-refractivity contribution in [2.45, 2.75) is 64.3 Å². The molecule has 0 rings (SSSR count). The lowest BCUT2D eigenvalue weighted by molar-refractivity contribution is -0.379. The number of ether oxygens (including phenoxy) is 3. The lowest BCUT2D eigenvalue weighted by Crippen LogP contribution is -2.44. The lowest BCUT2D eigenvalue weighted by atomic mass is 9.95. The van der Waals surface area contributed by atoms with Crippen LogP contribution in [0.5, 0.6) is 0 Å². The van der Waals surface area contributed by atoms with Gasteiger partial charge in [0.1, 0.15) is 0 Å². The normalized spacial score (nSPS) is 13.7. The Bertz CT molecular complexity index is 203. The third kappa shape index (κ3) is 7.55. The van der Waals surface area contributed by atoms with Crippen LogP contribution in [0, 0.1) is 5.92 Å². The number of methoxy groups -OCH3 is 3. The number of unbranched alkanes of at least 4 members (excludes halogenated alkanes) is 5. The summed E-state index contributed by atoms with van der Waals surface area (Å²) in [6.45, 7) is 2.25. The molecule has 0 radical (unpaired) electrons. The summed E-state index contributed by atoms with van der Waals surface area (Å²) >= 11 is 4.22. The van der Waals surface area contributed by atoms with E-state index in [1.165, 1.54) is 38.5 Å². The van der Waals surface area contributed by atoms with Gasteiger partial charge in [0.2, 0.25) is 0 Å². The van der Waals surface area contributed by atoms with Crippen LogP contribution in [0.25, 0.3) is 0 Å². The van der Waals surface area contributed by atoms with Gasteiger partial charge in [0.15, 0.2) is 0 Å². The van der Waals surface area contributed by atoms with Crippen LogP contribution < -0.4 is 0 Å². The second-order valence-electron chi connectivity index (χ2n) is 5.09. The summed E-state index contributed by atoms with van der Waals surface area (Å²) in [5, 5.41) is 0. The zero-order valence-electron chi connectivity index (χ0n) is 13.5. The molecule has 0 spiro atoms. The molecule has 0 saturated carbocycles. The lowest BCUT2D eigenvalue weighted by Gasteiger charge is -2.36. The van der Waals surface area contributed by atoms with E-state index in [1.807, 2.05) is 0 Å². The Balaban J connectivity index is 4.25. The predicted molar refractivity (Wildman–Crippen MR) is 91.3 cm³/mol. The van der Waals surface area contributed by atoms with Gasteiger partial charge in [0, 0.05) is 33.0 Å². The van der Waals surface area contributed by atoms with Crippen LogP contribution in [0.2, 0.25) is 0 Å². The van der Waals surface area contributed by atoms with Crippen LogP contribution in [-0.2, 0) is 14.2 Å². The topological polar surface area (TPSA) is 27.7 Å². The molecular weight excluding hydrogens is 292 g/mol. The second-order valence-corrected chi connectivity index (χ2v) is 6.53. The second kappa shape index (κ2) is 13.3. The molecule has 122 valence electrons. The molecule has 1 atom stereocenters. The summed E-state index contributed by atoms with van der Waals surface area (Å²) in [5.41, 5.74) is 0. The summed E-state index contributed by atoms with van der Waals surface area (Å²) in [6, 6.07) is 0. The molecule has 1 unspecified atom stereocenters. The van der Waals surface area contributed by atoms with Crippen molar-refractivity contribution >= 4 is 22.5 Å². The molecule has 0 N–H and O–H groups in total. The highest BCUT2D eigenvalue weighted by Gasteiger charge is 2.39. The van der Waals surface area contributed by atoms with E-state index in [9.17, 15) is 0 Å². The van der Waals surface area contributed by atoms with Crippen LogP contribution in [0.15, 0.2) is 0 Å². The first-order chi connectivity index (χ1) is 9.70. The monoisotopic (exact) mass is 324 g/mol. The van der Waals surface area contributed by atoms with Crippen LogP contribution in [0.1, 0.15) is 58.3 Å². The Morgan fingerprint density at radius 1 is 0.900 bits per heavy atom. The van der Waals surface area contributed by atoms with E-state index < -0.39 is 5.97 Å². The molecule has 0 aliphatic rings. The Labute approximate surface area is 134 Å². The third-order valence-corrected chi connectivity index (χ3v) is 4.78. The molecule has 3 nitrogen and oxygen atoms in total.